The van der Waals surface area contributed by atoms with E-state index in [2.05, 4.69) is 43.4 Å². The van der Waals surface area contributed by atoms with Crippen LogP contribution in [0.25, 0.3) is 0 Å². The molecule has 6 nitrogen and oxygen atoms in total. The van der Waals surface area contributed by atoms with Gasteiger partial charge in [-0.1, -0.05) is 42.5 Å². The molecule has 0 heterocycles. The van der Waals surface area contributed by atoms with Crippen molar-refractivity contribution in [3.63, 3.8) is 0 Å². The fourth-order valence-corrected chi connectivity index (χ4v) is 5.21. The van der Waals surface area contributed by atoms with Gasteiger partial charge in [-0.05, 0) is 86.4 Å². The Morgan fingerprint density at radius 1 is 1.02 bits per heavy atom. The van der Waals surface area contributed by atoms with Crippen LogP contribution in [-0.4, -0.2) is 41.8 Å². The van der Waals surface area contributed by atoms with Gasteiger partial charge in [-0.15, -0.1) is 0 Å². The minimum Gasteiger partial charge on any atom is -0.486 e. The Morgan fingerprint density at radius 2 is 1.68 bits per heavy atom. The lowest BCUT2D eigenvalue weighted by atomic mass is 9.88. The SMILES string of the molecule is CC(C)(CC1Cc2ccccc2C1)NC[C@@H](COc1cc(CCC(=O)O)cc(F)c1F)OC(=O)c1ccccc1. The maximum Gasteiger partial charge on any atom is 0.338 e. The van der Waals surface area contributed by atoms with Gasteiger partial charge in [0.2, 0.25) is 5.82 Å². The third-order valence-electron chi connectivity index (χ3n) is 7.13. The molecule has 0 fully saturated rings. The summed E-state index contributed by atoms with van der Waals surface area (Å²) in [4.78, 5) is 23.7. The third kappa shape index (κ3) is 8.11. The number of carbonyl (C=O) groups is 2. The summed E-state index contributed by atoms with van der Waals surface area (Å²) in [7, 11) is 0. The van der Waals surface area contributed by atoms with E-state index in [-0.39, 0.29) is 37.3 Å². The fourth-order valence-electron chi connectivity index (χ4n) is 5.21. The van der Waals surface area contributed by atoms with Crippen molar-refractivity contribution in [3.8, 4) is 5.75 Å². The van der Waals surface area contributed by atoms with Crippen molar-refractivity contribution >= 4 is 11.9 Å². The monoisotopic (exact) mass is 551 g/mol. The topological polar surface area (TPSA) is 84.9 Å². The number of carbonyl (C=O) groups excluding carboxylic acids is 1. The molecule has 1 aliphatic carbocycles. The number of aryl methyl sites for hydroxylation is 1. The molecule has 2 N–H and O–H groups in total. The Bertz CT molecular complexity index is 1300. The lowest BCUT2D eigenvalue weighted by molar-refractivity contribution is -0.136. The molecule has 0 unspecified atom stereocenters. The van der Waals surface area contributed by atoms with Crippen molar-refractivity contribution in [1.82, 2.24) is 5.32 Å². The highest BCUT2D eigenvalue weighted by Crippen LogP contribution is 2.32. The number of hydrogen-bond acceptors (Lipinski definition) is 5. The Labute approximate surface area is 233 Å². The Kier molecular flexibility index (Phi) is 9.53. The highest BCUT2D eigenvalue weighted by atomic mass is 19.2. The zero-order valence-corrected chi connectivity index (χ0v) is 22.8. The van der Waals surface area contributed by atoms with E-state index in [0.717, 1.165) is 25.3 Å². The number of benzene rings is 3. The maximum atomic E-state index is 14.5. The molecule has 3 aromatic carbocycles. The Hall–Kier alpha value is -3.78. The molecule has 1 aliphatic rings. The molecule has 0 saturated heterocycles. The van der Waals surface area contributed by atoms with Crippen LogP contribution < -0.4 is 10.1 Å². The second-order valence-electron chi connectivity index (χ2n) is 11.0. The minimum atomic E-state index is -1.18. The van der Waals surface area contributed by atoms with Crippen LogP contribution in [0.15, 0.2) is 66.7 Å². The standard InChI is InChI=1S/C32H35F2NO5/c1-32(2,18-22-14-24-10-6-7-11-25(24)15-22)35-19-26(40-31(38)23-8-4-3-5-9-23)20-39-28-17-21(12-13-29(36)37)16-27(33)30(28)34/h3-11,16-17,22,26,35H,12-15,18-20H2,1-2H3,(H,36,37)/t26-/m0/s1. The third-order valence-corrected chi connectivity index (χ3v) is 7.13. The molecule has 0 amide bonds. The van der Waals surface area contributed by atoms with Crippen LogP contribution in [0.5, 0.6) is 5.75 Å². The van der Waals surface area contributed by atoms with E-state index in [9.17, 15) is 18.4 Å². The molecule has 0 bridgehead atoms. The second-order valence-corrected chi connectivity index (χ2v) is 11.0. The number of fused-ring (bicyclic) bond motifs is 1. The van der Waals surface area contributed by atoms with Gasteiger partial charge in [0.1, 0.15) is 12.7 Å². The highest BCUT2D eigenvalue weighted by molar-refractivity contribution is 5.89. The van der Waals surface area contributed by atoms with Gasteiger partial charge in [0.25, 0.3) is 0 Å². The van der Waals surface area contributed by atoms with Crippen molar-refractivity contribution in [2.75, 3.05) is 13.2 Å². The summed E-state index contributed by atoms with van der Waals surface area (Å²) in [6, 6.07) is 19.2. The van der Waals surface area contributed by atoms with Crippen LogP contribution in [0.4, 0.5) is 8.78 Å². The molecule has 8 heteroatoms. The first-order chi connectivity index (χ1) is 19.1. The molecule has 40 heavy (non-hydrogen) atoms. The maximum absolute atomic E-state index is 14.5. The summed E-state index contributed by atoms with van der Waals surface area (Å²) >= 11 is 0. The first-order valence-electron chi connectivity index (χ1n) is 13.5. The lowest BCUT2D eigenvalue weighted by Crippen LogP contribution is -2.47. The van der Waals surface area contributed by atoms with Crippen LogP contribution in [-0.2, 0) is 28.8 Å². The van der Waals surface area contributed by atoms with Gasteiger partial charge in [-0.3, -0.25) is 4.79 Å². The summed E-state index contributed by atoms with van der Waals surface area (Å²) in [5, 5.41) is 12.4. The van der Waals surface area contributed by atoms with Crippen molar-refractivity contribution in [2.24, 2.45) is 5.92 Å². The molecular formula is C32H35F2NO5. The molecule has 0 spiro atoms. The first kappa shape index (κ1) is 29.2. The van der Waals surface area contributed by atoms with Gasteiger partial charge in [0.05, 0.1) is 5.56 Å². The molecule has 3 aromatic rings. The van der Waals surface area contributed by atoms with Crippen molar-refractivity contribution in [3.05, 3.63) is 101 Å². The van der Waals surface area contributed by atoms with Crippen molar-refractivity contribution < 1.29 is 33.0 Å². The minimum absolute atomic E-state index is 0.0239. The lowest BCUT2D eigenvalue weighted by Gasteiger charge is -2.31. The zero-order valence-electron chi connectivity index (χ0n) is 22.8. The number of ether oxygens (including phenoxy) is 2. The largest absolute Gasteiger partial charge is 0.486 e. The van der Waals surface area contributed by atoms with E-state index in [0.29, 0.717) is 17.0 Å². The molecule has 212 valence electrons. The van der Waals surface area contributed by atoms with Gasteiger partial charge >= 0.3 is 11.9 Å². The van der Waals surface area contributed by atoms with Crippen LogP contribution in [0.3, 0.4) is 0 Å². The molecule has 0 aromatic heterocycles. The van der Waals surface area contributed by atoms with E-state index in [4.69, 9.17) is 14.6 Å². The molecular weight excluding hydrogens is 516 g/mol. The van der Waals surface area contributed by atoms with E-state index in [1.807, 2.05) is 0 Å². The van der Waals surface area contributed by atoms with Gasteiger partial charge < -0.3 is 19.9 Å². The normalized spacial score (nSPS) is 14.0. The number of nitrogens with one attached hydrogen (secondary N) is 1. The Balaban J connectivity index is 1.42. The number of rotatable bonds is 13. The van der Waals surface area contributed by atoms with Gasteiger partial charge in [-0.25, -0.2) is 9.18 Å². The van der Waals surface area contributed by atoms with Gasteiger partial charge in [-0.2, -0.15) is 4.39 Å². The molecule has 0 aliphatic heterocycles. The quantitative estimate of drug-likeness (QED) is 0.263. The summed E-state index contributed by atoms with van der Waals surface area (Å²) in [6.07, 6.45) is 1.91. The number of carboxylic acid groups (broad SMARTS) is 1. The predicted octanol–water partition coefficient (Wildman–Crippen LogP) is 5.76. The van der Waals surface area contributed by atoms with Crippen LogP contribution >= 0.6 is 0 Å². The number of aliphatic carboxylic acids is 1. The van der Waals surface area contributed by atoms with E-state index in [1.165, 1.54) is 17.2 Å². The number of carboxylic acids is 1. The summed E-state index contributed by atoms with van der Waals surface area (Å²) in [5.41, 5.74) is 3.13. The predicted molar refractivity (Wildman–Crippen MR) is 147 cm³/mol. The number of halogens is 2. The summed E-state index contributed by atoms with van der Waals surface area (Å²) < 4.78 is 40.1. The smallest absolute Gasteiger partial charge is 0.338 e. The molecule has 0 saturated carbocycles. The average Bonchev–Trinajstić information content (AvgIpc) is 3.33. The van der Waals surface area contributed by atoms with Crippen LogP contribution in [0.2, 0.25) is 0 Å². The van der Waals surface area contributed by atoms with E-state index >= 15 is 0 Å². The zero-order chi connectivity index (χ0) is 28.7. The van der Waals surface area contributed by atoms with E-state index in [1.54, 1.807) is 30.3 Å². The Morgan fingerprint density at radius 3 is 2.33 bits per heavy atom. The van der Waals surface area contributed by atoms with Crippen molar-refractivity contribution in [1.29, 1.82) is 0 Å². The van der Waals surface area contributed by atoms with Gasteiger partial charge in [0, 0.05) is 18.5 Å². The van der Waals surface area contributed by atoms with Crippen LogP contribution in [0.1, 0.15) is 53.7 Å². The number of hydrogen-bond donors (Lipinski definition) is 2. The highest BCUT2D eigenvalue weighted by Gasteiger charge is 2.29. The molecule has 0 radical (unpaired) electrons. The van der Waals surface area contributed by atoms with Gasteiger partial charge in [0.15, 0.2) is 11.6 Å². The van der Waals surface area contributed by atoms with E-state index < -0.39 is 29.7 Å². The first-order valence-corrected chi connectivity index (χ1v) is 13.5. The molecule has 4 rings (SSSR count). The van der Waals surface area contributed by atoms with Crippen LogP contribution in [0, 0.1) is 17.6 Å². The van der Waals surface area contributed by atoms with Crippen molar-refractivity contribution in [2.45, 2.75) is 57.6 Å². The summed E-state index contributed by atoms with van der Waals surface area (Å²) in [5.74, 6) is -3.79. The summed E-state index contributed by atoms with van der Waals surface area (Å²) in [6.45, 7) is 4.19. The fraction of sp³-hybridized carbons (Fsp3) is 0.375. The number of esters is 1. The molecule has 1 atom stereocenters. The average molecular weight is 552 g/mol. The second kappa shape index (κ2) is 13.0.